The monoisotopic (exact) mass is 317 g/mol. The quantitative estimate of drug-likeness (QED) is 0.897. The van der Waals surface area contributed by atoms with E-state index in [0.29, 0.717) is 6.04 Å². The van der Waals surface area contributed by atoms with Crippen LogP contribution in [0.25, 0.3) is 0 Å². The van der Waals surface area contributed by atoms with Crippen molar-refractivity contribution in [2.24, 2.45) is 0 Å². The van der Waals surface area contributed by atoms with Crippen molar-refractivity contribution in [3.63, 3.8) is 0 Å². The lowest BCUT2D eigenvalue weighted by Crippen LogP contribution is -2.43. The Morgan fingerprint density at radius 1 is 1.35 bits per heavy atom. The first-order valence-corrected chi connectivity index (χ1v) is 7.11. The first-order chi connectivity index (χ1) is 8.86. The molecule has 0 aromatic heterocycles. The molecule has 3 nitrogen and oxygen atoms in total. The molecule has 2 heterocycles. The number of para-hydroxylation sites is 1. The minimum Gasteiger partial charge on any atom is -0.384 e. The first-order valence-electron chi connectivity index (χ1n) is 7.11. The Bertz CT molecular complexity index is 426. The van der Waals surface area contributed by atoms with Gasteiger partial charge in [0.25, 0.3) is 0 Å². The van der Waals surface area contributed by atoms with Crippen LogP contribution in [0.5, 0.6) is 0 Å². The fraction of sp³-hybridized carbons (Fsp3) is 0.600. The van der Waals surface area contributed by atoms with Gasteiger partial charge in [-0.3, -0.25) is 4.90 Å². The van der Waals surface area contributed by atoms with E-state index in [0.717, 1.165) is 13.1 Å². The van der Waals surface area contributed by atoms with E-state index < -0.39 is 0 Å². The number of nitrogens with one attached hydrogen (secondary N) is 2. The molecule has 1 saturated heterocycles. The minimum atomic E-state index is 0. The van der Waals surface area contributed by atoms with Gasteiger partial charge in [-0.25, -0.2) is 0 Å². The molecule has 3 rings (SSSR count). The van der Waals surface area contributed by atoms with Gasteiger partial charge in [-0.05, 0) is 44.0 Å². The summed E-state index contributed by atoms with van der Waals surface area (Å²) in [6.07, 6.45) is 3.81. The predicted molar refractivity (Wildman–Crippen MR) is 90.5 cm³/mol. The molecule has 0 radical (unpaired) electrons. The summed E-state index contributed by atoms with van der Waals surface area (Å²) in [5.41, 5.74) is 4.38. The van der Waals surface area contributed by atoms with E-state index in [1.165, 1.54) is 49.2 Å². The molecule has 0 aliphatic carbocycles. The number of hydrogen-bond donors (Lipinski definition) is 2. The van der Waals surface area contributed by atoms with Gasteiger partial charge < -0.3 is 10.6 Å². The third kappa shape index (κ3) is 3.79. The zero-order chi connectivity index (χ0) is 12.4. The molecule has 1 fully saturated rings. The number of nitrogens with zero attached hydrogens (tertiary/aromatic N) is 1. The summed E-state index contributed by atoms with van der Waals surface area (Å²) in [7, 11) is 2.08. The van der Waals surface area contributed by atoms with Crippen LogP contribution in [-0.4, -0.2) is 37.6 Å². The average Bonchev–Trinajstić information content (AvgIpc) is 2.88. The van der Waals surface area contributed by atoms with Crippen LogP contribution in [0.2, 0.25) is 0 Å². The van der Waals surface area contributed by atoms with Gasteiger partial charge in [0.05, 0.1) is 0 Å². The molecule has 2 aliphatic heterocycles. The fourth-order valence-electron chi connectivity index (χ4n) is 3.22. The van der Waals surface area contributed by atoms with Gasteiger partial charge in [-0.15, -0.1) is 24.8 Å². The lowest BCUT2D eigenvalue weighted by molar-refractivity contribution is 0.188. The Morgan fingerprint density at radius 3 is 3.00 bits per heavy atom. The van der Waals surface area contributed by atoms with Crippen molar-refractivity contribution in [3.05, 3.63) is 29.3 Å². The van der Waals surface area contributed by atoms with Gasteiger partial charge in [0.2, 0.25) is 0 Å². The van der Waals surface area contributed by atoms with Crippen molar-refractivity contribution in [1.29, 1.82) is 0 Å². The van der Waals surface area contributed by atoms with Gasteiger partial charge in [-0.1, -0.05) is 18.2 Å². The Kier molecular flexibility index (Phi) is 7.10. The van der Waals surface area contributed by atoms with Crippen LogP contribution in [0.1, 0.15) is 24.0 Å². The van der Waals surface area contributed by atoms with Crippen LogP contribution < -0.4 is 10.6 Å². The van der Waals surface area contributed by atoms with Crippen molar-refractivity contribution < 1.29 is 0 Å². The molecule has 2 N–H and O–H groups in total. The predicted octanol–water partition coefficient (Wildman–Crippen LogP) is 2.68. The Labute approximate surface area is 134 Å². The van der Waals surface area contributed by atoms with Crippen LogP contribution in [0.3, 0.4) is 0 Å². The molecule has 0 spiro atoms. The highest BCUT2D eigenvalue weighted by Crippen LogP contribution is 2.28. The SMILES string of the molecule is CNC1CCCN(Cc2cccc3c2NCC3)C1.Cl.Cl. The lowest BCUT2D eigenvalue weighted by atomic mass is 10.0. The largest absolute Gasteiger partial charge is 0.384 e. The standard InChI is InChI=1S/C15H23N3.2ClH/c1-16-14-6-3-9-18(11-14)10-13-5-2-4-12-7-8-17-15(12)13;;/h2,4-5,14,16-17H,3,6-11H2,1H3;2*1H. The maximum atomic E-state index is 3.54. The van der Waals surface area contributed by atoms with E-state index in [9.17, 15) is 0 Å². The third-order valence-electron chi connectivity index (χ3n) is 4.24. The Balaban J connectivity index is 0.000001000. The van der Waals surface area contributed by atoms with Crippen LogP contribution in [0.15, 0.2) is 18.2 Å². The molecular formula is C15H25Cl2N3. The van der Waals surface area contributed by atoms with Crippen LogP contribution in [0.4, 0.5) is 5.69 Å². The van der Waals surface area contributed by atoms with Gasteiger partial charge in [0.1, 0.15) is 0 Å². The number of anilines is 1. The number of fused-ring (bicyclic) bond motifs is 1. The number of hydrogen-bond acceptors (Lipinski definition) is 3. The van der Waals surface area contributed by atoms with Crippen molar-refractivity contribution in [2.45, 2.75) is 31.8 Å². The number of halogens is 2. The second-order valence-electron chi connectivity index (χ2n) is 5.49. The maximum absolute atomic E-state index is 3.54. The first kappa shape index (κ1) is 17.6. The summed E-state index contributed by atoms with van der Waals surface area (Å²) < 4.78 is 0. The highest BCUT2D eigenvalue weighted by atomic mass is 35.5. The summed E-state index contributed by atoms with van der Waals surface area (Å²) >= 11 is 0. The average molecular weight is 318 g/mol. The topological polar surface area (TPSA) is 27.3 Å². The van der Waals surface area contributed by atoms with Crippen molar-refractivity contribution in [3.8, 4) is 0 Å². The Hall–Kier alpha value is -0.480. The molecule has 0 saturated carbocycles. The summed E-state index contributed by atoms with van der Waals surface area (Å²) in [5.74, 6) is 0. The van der Waals surface area contributed by atoms with Crippen molar-refractivity contribution in [2.75, 3.05) is 32.0 Å². The van der Waals surface area contributed by atoms with Gasteiger partial charge in [-0.2, -0.15) is 0 Å². The zero-order valence-corrected chi connectivity index (χ0v) is 13.7. The smallest absolute Gasteiger partial charge is 0.0419 e. The summed E-state index contributed by atoms with van der Waals surface area (Å²) in [5, 5.41) is 6.96. The molecular weight excluding hydrogens is 293 g/mol. The third-order valence-corrected chi connectivity index (χ3v) is 4.24. The summed E-state index contributed by atoms with van der Waals surface area (Å²) in [6.45, 7) is 4.61. The number of benzene rings is 1. The van der Waals surface area contributed by atoms with Crippen LogP contribution in [-0.2, 0) is 13.0 Å². The second kappa shape index (κ2) is 8.08. The van der Waals surface area contributed by atoms with E-state index in [1.807, 2.05) is 0 Å². The van der Waals surface area contributed by atoms with Crippen LogP contribution >= 0.6 is 24.8 Å². The van der Waals surface area contributed by atoms with E-state index in [-0.39, 0.29) is 24.8 Å². The minimum absolute atomic E-state index is 0. The summed E-state index contributed by atoms with van der Waals surface area (Å²) in [4.78, 5) is 2.58. The molecule has 0 amide bonds. The van der Waals surface area contributed by atoms with Gasteiger partial charge in [0.15, 0.2) is 0 Å². The molecule has 2 aliphatic rings. The van der Waals surface area contributed by atoms with E-state index in [2.05, 4.69) is 40.8 Å². The maximum Gasteiger partial charge on any atom is 0.0419 e. The number of piperidine rings is 1. The van der Waals surface area contributed by atoms with E-state index in [1.54, 1.807) is 0 Å². The molecule has 20 heavy (non-hydrogen) atoms. The summed E-state index contributed by atoms with van der Waals surface area (Å²) in [6, 6.07) is 7.41. The molecule has 1 unspecified atom stereocenters. The Morgan fingerprint density at radius 2 is 2.20 bits per heavy atom. The van der Waals surface area contributed by atoms with Gasteiger partial charge >= 0.3 is 0 Å². The normalized spacial score (nSPS) is 21.4. The molecule has 114 valence electrons. The van der Waals surface area contributed by atoms with E-state index in [4.69, 9.17) is 0 Å². The fourth-order valence-corrected chi connectivity index (χ4v) is 3.22. The highest BCUT2D eigenvalue weighted by Gasteiger charge is 2.20. The second-order valence-corrected chi connectivity index (χ2v) is 5.49. The van der Waals surface area contributed by atoms with Crippen molar-refractivity contribution in [1.82, 2.24) is 10.2 Å². The van der Waals surface area contributed by atoms with Crippen LogP contribution in [0, 0.1) is 0 Å². The molecule has 5 heteroatoms. The molecule has 1 atom stereocenters. The zero-order valence-electron chi connectivity index (χ0n) is 12.0. The number of likely N-dealkylation sites (N-methyl/N-ethyl adjacent to an activating group) is 1. The highest BCUT2D eigenvalue weighted by molar-refractivity contribution is 5.85. The number of rotatable bonds is 3. The molecule has 1 aromatic rings. The number of likely N-dealkylation sites (tertiary alicyclic amines) is 1. The lowest BCUT2D eigenvalue weighted by Gasteiger charge is -2.32. The van der Waals surface area contributed by atoms with E-state index >= 15 is 0 Å². The molecule has 1 aromatic carbocycles. The van der Waals surface area contributed by atoms with Crippen molar-refractivity contribution >= 4 is 30.5 Å². The van der Waals surface area contributed by atoms with Gasteiger partial charge in [0, 0.05) is 31.4 Å². The molecule has 0 bridgehead atoms.